The highest BCUT2D eigenvalue weighted by Gasteiger charge is 2.18. The van der Waals surface area contributed by atoms with Gasteiger partial charge in [-0.25, -0.2) is 9.97 Å². The number of hydrogen-bond donors (Lipinski definition) is 0. The highest BCUT2D eigenvalue weighted by Crippen LogP contribution is 2.21. The number of rotatable bonds is 1. The maximum atomic E-state index is 5.78. The number of fused-ring (bicyclic) bond motifs is 1. The van der Waals surface area contributed by atoms with E-state index in [0.29, 0.717) is 5.95 Å². The second-order valence-electron chi connectivity index (χ2n) is 3.99. The first-order valence-electron chi connectivity index (χ1n) is 5.49. The lowest BCUT2D eigenvalue weighted by molar-refractivity contribution is 0.704. The third kappa shape index (κ3) is 2.08. The van der Waals surface area contributed by atoms with Crippen molar-refractivity contribution in [3.05, 3.63) is 47.0 Å². The topological polar surface area (TPSA) is 41.9 Å². The van der Waals surface area contributed by atoms with Gasteiger partial charge in [-0.05, 0) is 29.1 Å². The second kappa shape index (κ2) is 4.30. The number of halogens is 1. The molecule has 0 bridgehead atoms. The van der Waals surface area contributed by atoms with Crippen molar-refractivity contribution >= 4 is 17.5 Å². The Balaban J connectivity index is 1.89. The fourth-order valence-corrected chi connectivity index (χ4v) is 2.21. The molecule has 5 heteroatoms. The standard InChI is InChI=1S/C12H11ClN4/c13-11-14-8-15-12(16-11)17-6-5-9-3-1-2-4-10(9)7-17/h1-4,8H,5-7H2. The van der Waals surface area contributed by atoms with Crippen molar-refractivity contribution in [3.8, 4) is 0 Å². The van der Waals surface area contributed by atoms with Crippen molar-refractivity contribution in [1.29, 1.82) is 0 Å². The zero-order valence-corrected chi connectivity index (χ0v) is 9.93. The fraction of sp³-hybridized carbons (Fsp3) is 0.250. The highest BCUT2D eigenvalue weighted by molar-refractivity contribution is 6.28. The van der Waals surface area contributed by atoms with Gasteiger partial charge in [0.2, 0.25) is 11.2 Å². The van der Waals surface area contributed by atoms with Crippen LogP contribution in [0.15, 0.2) is 30.6 Å². The van der Waals surface area contributed by atoms with E-state index in [4.69, 9.17) is 11.6 Å². The quantitative estimate of drug-likeness (QED) is 0.773. The van der Waals surface area contributed by atoms with Crippen LogP contribution in [0, 0.1) is 0 Å². The zero-order valence-electron chi connectivity index (χ0n) is 9.17. The Morgan fingerprint density at radius 1 is 1.12 bits per heavy atom. The molecule has 86 valence electrons. The monoisotopic (exact) mass is 246 g/mol. The maximum Gasteiger partial charge on any atom is 0.229 e. The van der Waals surface area contributed by atoms with Gasteiger partial charge in [-0.2, -0.15) is 4.98 Å². The normalized spacial score (nSPS) is 14.5. The van der Waals surface area contributed by atoms with Gasteiger partial charge in [0.25, 0.3) is 0 Å². The molecule has 0 spiro atoms. The van der Waals surface area contributed by atoms with Crippen molar-refractivity contribution < 1.29 is 0 Å². The molecule has 2 aromatic rings. The predicted octanol–water partition coefficient (Wildman–Crippen LogP) is 2.09. The van der Waals surface area contributed by atoms with Gasteiger partial charge in [0.15, 0.2) is 0 Å². The molecule has 0 fully saturated rings. The van der Waals surface area contributed by atoms with Crippen molar-refractivity contribution in [2.24, 2.45) is 0 Å². The lowest BCUT2D eigenvalue weighted by Crippen LogP contribution is -2.31. The van der Waals surface area contributed by atoms with Gasteiger partial charge < -0.3 is 4.90 Å². The molecular formula is C12H11ClN4. The third-order valence-electron chi connectivity index (χ3n) is 2.94. The lowest BCUT2D eigenvalue weighted by atomic mass is 10.0. The van der Waals surface area contributed by atoms with Gasteiger partial charge in [-0.15, -0.1) is 0 Å². The van der Waals surface area contributed by atoms with Gasteiger partial charge in [-0.3, -0.25) is 0 Å². The molecule has 1 aromatic carbocycles. The summed E-state index contributed by atoms with van der Waals surface area (Å²) in [5.41, 5.74) is 2.74. The largest absolute Gasteiger partial charge is 0.336 e. The molecule has 0 unspecified atom stereocenters. The Hall–Kier alpha value is -1.68. The molecule has 17 heavy (non-hydrogen) atoms. The minimum absolute atomic E-state index is 0.244. The van der Waals surface area contributed by atoms with Crippen molar-refractivity contribution in [2.75, 3.05) is 11.4 Å². The van der Waals surface area contributed by atoms with Crippen LogP contribution in [0.25, 0.3) is 0 Å². The van der Waals surface area contributed by atoms with Crippen LogP contribution in [0.5, 0.6) is 0 Å². The van der Waals surface area contributed by atoms with E-state index in [1.165, 1.54) is 17.5 Å². The van der Waals surface area contributed by atoms with Crippen LogP contribution in [-0.4, -0.2) is 21.5 Å². The minimum Gasteiger partial charge on any atom is -0.336 e. The van der Waals surface area contributed by atoms with Crippen molar-refractivity contribution in [1.82, 2.24) is 15.0 Å². The Morgan fingerprint density at radius 2 is 1.94 bits per heavy atom. The molecule has 1 aromatic heterocycles. The van der Waals surface area contributed by atoms with E-state index < -0.39 is 0 Å². The van der Waals surface area contributed by atoms with E-state index >= 15 is 0 Å². The molecule has 0 atom stereocenters. The van der Waals surface area contributed by atoms with Gasteiger partial charge in [0.05, 0.1) is 0 Å². The Bertz CT molecular complexity index is 544. The zero-order chi connectivity index (χ0) is 11.7. The van der Waals surface area contributed by atoms with Crippen LogP contribution in [-0.2, 0) is 13.0 Å². The molecule has 0 radical (unpaired) electrons. The smallest absolute Gasteiger partial charge is 0.229 e. The van der Waals surface area contributed by atoms with E-state index in [2.05, 4.69) is 44.1 Å². The molecular weight excluding hydrogens is 236 g/mol. The first-order chi connectivity index (χ1) is 8.33. The number of nitrogens with zero attached hydrogens (tertiary/aromatic N) is 4. The third-order valence-corrected chi connectivity index (χ3v) is 3.13. The van der Waals surface area contributed by atoms with Crippen molar-refractivity contribution in [3.63, 3.8) is 0 Å². The molecule has 0 saturated heterocycles. The Morgan fingerprint density at radius 3 is 2.76 bits per heavy atom. The Labute approximate surface area is 104 Å². The second-order valence-corrected chi connectivity index (χ2v) is 4.33. The summed E-state index contributed by atoms with van der Waals surface area (Å²) in [4.78, 5) is 14.2. The molecule has 4 nitrogen and oxygen atoms in total. The summed E-state index contributed by atoms with van der Waals surface area (Å²) in [6.45, 7) is 1.74. The van der Waals surface area contributed by atoms with Crippen LogP contribution in [0.2, 0.25) is 5.28 Å². The van der Waals surface area contributed by atoms with Crippen LogP contribution >= 0.6 is 11.6 Å². The summed E-state index contributed by atoms with van der Waals surface area (Å²) < 4.78 is 0. The number of anilines is 1. The predicted molar refractivity (Wildman–Crippen MR) is 66.0 cm³/mol. The molecule has 0 N–H and O–H groups in total. The summed E-state index contributed by atoms with van der Waals surface area (Å²) in [7, 11) is 0. The van der Waals surface area contributed by atoms with Crippen LogP contribution < -0.4 is 4.90 Å². The minimum atomic E-state index is 0.244. The molecule has 1 aliphatic rings. The van der Waals surface area contributed by atoms with Crippen LogP contribution in [0.4, 0.5) is 5.95 Å². The van der Waals surface area contributed by atoms with Crippen LogP contribution in [0.3, 0.4) is 0 Å². The molecule has 0 aliphatic carbocycles. The molecule has 0 saturated carbocycles. The maximum absolute atomic E-state index is 5.78. The lowest BCUT2D eigenvalue weighted by Gasteiger charge is -2.28. The number of aromatic nitrogens is 3. The van der Waals surface area contributed by atoms with Gasteiger partial charge in [-0.1, -0.05) is 24.3 Å². The molecule has 1 aliphatic heterocycles. The van der Waals surface area contributed by atoms with E-state index in [1.54, 1.807) is 0 Å². The van der Waals surface area contributed by atoms with Gasteiger partial charge in [0.1, 0.15) is 6.33 Å². The van der Waals surface area contributed by atoms with E-state index in [9.17, 15) is 0 Å². The highest BCUT2D eigenvalue weighted by atomic mass is 35.5. The van der Waals surface area contributed by atoms with Gasteiger partial charge >= 0.3 is 0 Å². The summed E-state index contributed by atoms with van der Waals surface area (Å²) in [5, 5.41) is 0.244. The summed E-state index contributed by atoms with van der Waals surface area (Å²) >= 11 is 5.78. The van der Waals surface area contributed by atoms with Crippen LogP contribution in [0.1, 0.15) is 11.1 Å². The van der Waals surface area contributed by atoms with Crippen molar-refractivity contribution in [2.45, 2.75) is 13.0 Å². The molecule has 3 rings (SSSR count). The fourth-order valence-electron chi connectivity index (χ4n) is 2.09. The first-order valence-corrected chi connectivity index (χ1v) is 5.87. The average Bonchev–Trinajstić information content (AvgIpc) is 2.38. The first kappa shape index (κ1) is 10.5. The summed E-state index contributed by atoms with van der Waals surface area (Å²) in [5.74, 6) is 0.652. The Kier molecular flexibility index (Phi) is 2.65. The van der Waals surface area contributed by atoms with E-state index in [1.807, 2.05) is 0 Å². The van der Waals surface area contributed by atoms with Gasteiger partial charge in [0, 0.05) is 13.1 Å². The number of benzene rings is 1. The average molecular weight is 247 g/mol. The number of hydrogen-bond acceptors (Lipinski definition) is 4. The summed E-state index contributed by atoms with van der Waals surface area (Å²) in [6.07, 6.45) is 2.46. The summed E-state index contributed by atoms with van der Waals surface area (Å²) in [6, 6.07) is 8.45. The SMILES string of the molecule is Clc1ncnc(N2CCc3ccccc3C2)n1. The van der Waals surface area contributed by atoms with E-state index in [0.717, 1.165) is 19.5 Å². The molecule has 2 heterocycles. The van der Waals surface area contributed by atoms with E-state index in [-0.39, 0.29) is 5.28 Å². The molecule has 0 amide bonds.